The molecule has 1 aliphatic rings. The number of carbonyl (C=O) groups is 1. The van der Waals surface area contributed by atoms with Gasteiger partial charge in [0.1, 0.15) is 5.75 Å². The number of ether oxygens (including phenoxy) is 2. The Balaban J connectivity index is 1.64. The van der Waals surface area contributed by atoms with Crippen molar-refractivity contribution in [2.75, 3.05) is 38.4 Å². The number of hydrazine groups is 1. The fourth-order valence-corrected chi connectivity index (χ4v) is 5.15. The summed E-state index contributed by atoms with van der Waals surface area (Å²) in [6.07, 6.45) is 0. The molecule has 0 aliphatic carbocycles. The molecule has 0 bridgehead atoms. The first kappa shape index (κ1) is 23.7. The van der Waals surface area contributed by atoms with Crippen molar-refractivity contribution < 1.29 is 22.7 Å². The van der Waals surface area contributed by atoms with Gasteiger partial charge in [0.15, 0.2) is 0 Å². The van der Waals surface area contributed by atoms with E-state index in [9.17, 15) is 13.2 Å². The Hall–Kier alpha value is -3.40. The molecular formula is C25H27N3O5S. The maximum Gasteiger partial charge on any atom is 0.273 e. The van der Waals surface area contributed by atoms with Gasteiger partial charge in [0.2, 0.25) is 10.0 Å². The minimum absolute atomic E-state index is 0.0367. The van der Waals surface area contributed by atoms with Crippen molar-refractivity contribution in [2.24, 2.45) is 0 Å². The highest BCUT2D eigenvalue weighted by atomic mass is 32.2. The Morgan fingerprint density at radius 2 is 1.65 bits per heavy atom. The summed E-state index contributed by atoms with van der Waals surface area (Å²) < 4.78 is 38.3. The van der Waals surface area contributed by atoms with Gasteiger partial charge >= 0.3 is 0 Å². The monoisotopic (exact) mass is 481 g/mol. The molecule has 1 saturated heterocycles. The van der Waals surface area contributed by atoms with Crippen LogP contribution >= 0.6 is 0 Å². The maximum absolute atomic E-state index is 13.4. The fourth-order valence-electron chi connectivity index (χ4n) is 3.71. The van der Waals surface area contributed by atoms with Crippen molar-refractivity contribution in [1.82, 2.24) is 9.73 Å². The quantitative estimate of drug-likeness (QED) is 0.498. The third-order valence-electron chi connectivity index (χ3n) is 5.51. The molecule has 9 heteroatoms. The summed E-state index contributed by atoms with van der Waals surface area (Å²) in [6, 6.07) is 23.5. The number of para-hydroxylation sites is 1. The summed E-state index contributed by atoms with van der Waals surface area (Å²) in [4.78, 5) is 13.4. The summed E-state index contributed by atoms with van der Waals surface area (Å²) in [5.41, 5.74) is 4.84. The van der Waals surface area contributed by atoms with Crippen LogP contribution in [-0.2, 0) is 21.3 Å². The molecule has 0 atom stereocenters. The molecule has 34 heavy (non-hydrogen) atoms. The van der Waals surface area contributed by atoms with Gasteiger partial charge in [-0.05, 0) is 35.9 Å². The van der Waals surface area contributed by atoms with E-state index >= 15 is 0 Å². The molecule has 0 saturated carbocycles. The van der Waals surface area contributed by atoms with Crippen LogP contribution in [0.15, 0.2) is 83.8 Å². The molecule has 3 aromatic rings. The van der Waals surface area contributed by atoms with Gasteiger partial charge in [-0.2, -0.15) is 4.31 Å². The van der Waals surface area contributed by atoms with E-state index in [1.165, 1.54) is 29.6 Å². The normalized spacial score (nSPS) is 14.4. The van der Waals surface area contributed by atoms with Crippen LogP contribution in [0.4, 0.5) is 5.69 Å². The van der Waals surface area contributed by atoms with E-state index in [0.717, 1.165) is 11.3 Å². The molecule has 1 aliphatic heterocycles. The Bertz CT molecular complexity index is 1210. The van der Waals surface area contributed by atoms with Crippen molar-refractivity contribution in [3.63, 3.8) is 0 Å². The SMILES string of the molecule is COc1ccc(S(=O)(=O)N2CCOCC2)cc1C(=O)NN(Cc1ccccc1)c1ccccc1. The molecule has 4 rings (SSSR count). The first-order valence-corrected chi connectivity index (χ1v) is 12.4. The highest BCUT2D eigenvalue weighted by molar-refractivity contribution is 7.89. The van der Waals surface area contributed by atoms with Crippen molar-refractivity contribution in [1.29, 1.82) is 0 Å². The number of amides is 1. The van der Waals surface area contributed by atoms with Crippen LogP contribution in [0.25, 0.3) is 0 Å². The molecule has 1 heterocycles. The van der Waals surface area contributed by atoms with E-state index in [1.807, 2.05) is 60.7 Å². The topological polar surface area (TPSA) is 88.2 Å². The number of methoxy groups -OCH3 is 1. The number of sulfonamides is 1. The van der Waals surface area contributed by atoms with E-state index in [0.29, 0.717) is 19.8 Å². The number of hydrogen-bond acceptors (Lipinski definition) is 6. The largest absolute Gasteiger partial charge is 0.496 e. The second kappa shape index (κ2) is 10.7. The predicted molar refractivity (Wildman–Crippen MR) is 129 cm³/mol. The number of carbonyl (C=O) groups excluding carboxylic acids is 1. The van der Waals surface area contributed by atoms with E-state index in [-0.39, 0.29) is 29.3 Å². The fraction of sp³-hybridized carbons (Fsp3) is 0.240. The average molecular weight is 482 g/mol. The van der Waals surface area contributed by atoms with E-state index in [2.05, 4.69) is 5.43 Å². The molecule has 0 aromatic heterocycles. The average Bonchev–Trinajstić information content (AvgIpc) is 2.89. The summed E-state index contributed by atoms with van der Waals surface area (Å²) in [7, 11) is -2.32. The predicted octanol–water partition coefficient (Wildman–Crippen LogP) is 3.07. The van der Waals surface area contributed by atoms with Crippen LogP contribution in [0.5, 0.6) is 5.75 Å². The zero-order valence-electron chi connectivity index (χ0n) is 18.9. The molecule has 3 aromatic carbocycles. The Kier molecular flexibility index (Phi) is 7.46. The number of rotatable bonds is 8. The highest BCUT2D eigenvalue weighted by Crippen LogP contribution is 2.26. The molecule has 178 valence electrons. The molecule has 1 amide bonds. The van der Waals surface area contributed by atoms with Crippen molar-refractivity contribution in [3.05, 3.63) is 90.0 Å². The van der Waals surface area contributed by atoms with Gasteiger partial charge in [-0.25, -0.2) is 8.42 Å². The van der Waals surface area contributed by atoms with Crippen LogP contribution in [0.2, 0.25) is 0 Å². The van der Waals surface area contributed by atoms with Gasteiger partial charge in [0, 0.05) is 13.1 Å². The number of nitrogens with zero attached hydrogens (tertiary/aromatic N) is 2. The number of benzene rings is 3. The lowest BCUT2D eigenvalue weighted by molar-refractivity contribution is 0.0730. The van der Waals surface area contributed by atoms with Crippen molar-refractivity contribution in [2.45, 2.75) is 11.4 Å². The van der Waals surface area contributed by atoms with Gasteiger partial charge in [0.25, 0.3) is 5.91 Å². The van der Waals surface area contributed by atoms with Crippen LogP contribution in [0.3, 0.4) is 0 Å². The minimum atomic E-state index is -3.77. The lowest BCUT2D eigenvalue weighted by atomic mass is 10.2. The molecule has 1 fully saturated rings. The van der Waals surface area contributed by atoms with E-state index in [4.69, 9.17) is 9.47 Å². The van der Waals surface area contributed by atoms with Crippen LogP contribution in [-0.4, -0.2) is 52.0 Å². The molecule has 0 spiro atoms. The lowest BCUT2D eigenvalue weighted by Crippen LogP contribution is -2.42. The highest BCUT2D eigenvalue weighted by Gasteiger charge is 2.28. The summed E-state index contributed by atoms with van der Waals surface area (Å²) >= 11 is 0. The first-order valence-electron chi connectivity index (χ1n) is 10.9. The summed E-state index contributed by atoms with van der Waals surface area (Å²) in [6.45, 7) is 1.65. The van der Waals surface area contributed by atoms with Crippen LogP contribution < -0.4 is 15.2 Å². The maximum atomic E-state index is 13.4. The Morgan fingerprint density at radius 1 is 1.00 bits per heavy atom. The third kappa shape index (κ3) is 5.39. The second-order valence-corrected chi connectivity index (χ2v) is 9.66. The van der Waals surface area contributed by atoms with Gasteiger partial charge in [0.05, 0.1) is 43.0 Å². The number of hydrogen-bond donors (Lipinski definition) is 1. The van der Waals surface area contributed by atoms with Crippen LogP contribution in [0, 0.1) is 0 Å². The third-order valence-corrected chi connectivity index (χ3v) is 7.41. The Morgan fingerprint density at radius 3 is 2.29 bits per heavy atom. The molecular weight excluding hydrogens is 454 g/mol. The number of nitrogens with one attached hydrogen (secondary N) is 1. The lowest BCUT2D eigenvalue weighted by Gasteiger charge is -2.27. The molecule has 1 N–H and O–H groups in total. The zero-order chi connectivity index (χ0) is 24.0. The molecule has 0 radical (unpaired) electrons. The molecule has 8 nitrogen and oxygen atoms in total. The summed E-state index contributed by atoms with van der Waals surface area (Å²) in [5, 5.41) is 1.72. The molecule has 0 unspecified atom stereocenters. The van der Waals surface area contributed by atoms with Crippen LogP contribution in [0.1, 0.15) is 15.9 Å². The smallest absolute Gasteiger partial charge is 0.273 e. The summed E-state index contributed by atoms with van der Waals surface area (Å²) in [5.74, 6) is -0.193. The first-order chi connectivity index (χ1) is 16.5. The van der Waals surface area contributed by atoms with E-state index in [1.54, 1.807) is 5.01 Å². The standard InChI is InChI=1S/C25H27N3O5S/c1-32-24-13-12-22(34(30,31)27-14-16-33-17-15-27)18-23(24)25(29)26-28(21-10-6-3-7-11-21)19-20-8-4-2-5-9-20/h2-13,18H,14-17,19H2,1H3,(H,26,29). The minimum Gasteiger partial charge on any atom is -0.496 e. The van der Waals surface area contributed by atoms with E-state index < -0.39 is 15.9 Å². The van der Waals surface area contributed by atoms with Gasteiger partial charge < -0.3 is 9.47 Å². The van der Waals surface area contributed by atoms with Crippen molar-refractivity contribution >= 4 is 21.6 Å². The second-order valence-electron chi connectivity index (χ2n) is 7.73. The van der Waals surface area contributed by atoms with Gasteiger partial charge in [-0.15, -0.1) is 0 Å². The zero-order valence-corrected chi connectivity index (χ0v) is 19.7. The van der Waals surface area contributed by atoms with Gasteiger partial charge in [-0.3, -0.25) is 15.2 Å². The van der Waals surface area contributed by atoms with Crippen molar-refractivity contribution in [3.8, 4) is 5.75 Å². The number of morpholine rings is 1. The number of anilines is 1. The Labute approximate surface area is 199 Å². The van der Waals surface area contributed by atoms with Gasteiger partial charge in [-0.1, -0.05) is 48.5 Å².